The third kappa shape index (κ3) is 2.61. The summed E-state index contributed by atoms with van der Waals surface area (Å²) in [5.41, 5.74) is 2.02. The van der Waals surface area contributed by atoms with E-state index in [1.165, 1.54) is 0 Å². The van der Waals surface area contributed by atoms with E-state index in [2.05, 4.69) is 20.3 Å². The molecule has 0 aromatic carbocycles. The average Bonchev–Trinajstić information content (AvgIpc) is 2.38. The van der Waals surface area contributed by atoms with Crippen LogP contribution in [-0.2, 0) is 6.42 Å². The molecule has 2 rings (SSSR count). The van der Waals surface area contributed by atoms with E-state index >= 15 is 0 Å². The minimum Gasteiger partial charge on any atom is -0.319 e. The molecule has 0 spiro atoms. The van der Waals surface area contributed by atoms with Crippen LogP contribution in [0.1, 0.15) is 5.82 Å². The summed E-state index contributed by atoms with van der Waals surface area (Å²) in [5, 5.41) is 3.09. The maximum absolute atomic E-state index is 4.50. The molecular weight excluding hydrogens is 200 g/mol. The summed E-state index contributed by atoms with van der Waals surface area (Å²) >= 11 is 0. The predicted molar refractivity (Wildman–Crippen MR) is 62.9 cm³/mol. The normalized spacial score (nSPS) is 10.3. The number of rotatable bonds is 4. The number of aromatic nitrogens is 3. The largest absolute Gasteiger partial charge is 0.319 e. The van der Waals surface area contributed by atoms with Crippen LogP contribution in [0.2, 0.25) is 0 Å². The van der Waals surface area contributed by atoms with E-state index in [1.54, 1.807) is 18.6 Å². The van der Waals surface area contributed by atoms with Crippen molar-refractivity contribution in [3.63, 3.8) is 0 Å². The molecule has 0 saturated heterocycles. The van der Waals surface area contributed by atoms with Crippen LogP contribution < -0.4 is 5.32 Å². The van der Waals surface area contributed by atoms with Crippen LogP contribution in [0.4, 0.5) is 0 Å². The Morgan fingerprint density at radius 3 is 2.69 bits per heavy atom. The first kappa shape index (κ1) is 10.7. The number of nitrogens with one attached hydrogen (secondary N) is 1. The van der Waals surface area contributed by atoms with Crippen molar-refractivity contribution in [2.75, 3.05) is 13.6 Å². The van der Waals surface area contributed by atoms with E-state index in [9.17, 15) is 0 Å². The molecule has 0 amide bonds. The first-order valence-corrected chi connectivity index (χ1v) is 5.27. The molecule has 0 saturated carbocycles. The summed E-state index contributed by atoms with van der Waals surface area (Å²) in [4.78, 5) is 12.7. The molecule has 1 N–H and O–H groups in total. The highest BCUT2D eigenvalue weighted by atomic mass is 14.9. The molecule has 2 aromatic rings. The van der Waals surface area contributed by atoms with Crippen molar-refractivity contribution in [1.82, 2.24) is 20.3 Å². The van der Waals surface area contributed by atoms with Gasteiger partial charge in [-0.25, -0.2) is 9.97 Å². The van der Waals surface area contributed by atoms with E-state index in [4.69, 9.17) is 0 Å². The molecule has 0 aliphatic heterocycles. The average molecular weight is 214 g/mol. The van der Waals surface area contributed by atoms with Gasteiger partial charge in [-0.15, -0.1) is 0 Å². The summed E-state index contributed by atoms with van der Waals surface area (Å²) < 4.78 is 0. The Labute approximate surface area is 94.8 Å². The molecular formula is C12H14N4. The predicted octanol–water partition coefficient (Wildman–Crippen LogP) is 1.30. The lowest BCUT2D eigenvalue weighted by Crippen LogP contribution is -2.12. The van der Waals surface area contributed by atoms with E-state index in [1.807, 2.05) is 25.2 Å². The summed E-state index contributed by atoms with van der Waals surface area (Å²) in [6, 6.07) is 5.81. The van der Waals surface area contributed by atoms with Gasteiger partial charge in [0.25, 0.3) is 0 Å². The third-order valence-electron chi connectivity index (χ3n) is 2.28. The minimum absolute atomic E-state index is 0.843. The molecule has 2 heterocycles. The zero-order chi connectivity index (χ0) is 11.2. The fourth-order valence-electron chi connectivity index (χ4n) is 1.44. The third-order valence-corrected chi connectivity index (χ3v) is 2.28. The van der Waals surface area contributed by atoms with E-state index in [0.29, 0.717) is 0 Å². The van der Waals surface area contributed by atoms with Gasteiger partial charge in [-0.3, -0.25) is 4.98 Å². The number of nitrogens with zero attached hydrogens (tertiary/aromatic N) is 3. The topological polar surface area (TPSA) is 50.7 Å². The van der Waals surface area contributed by atoms with Crippen LogP contribution >= 0.6 is 0 Å². The summed E-state index contributed by atoms with van der Waals surface area (Å²) in [6.45, 7) is 0.889. The van der Waals surface area contributed by atoms with Gasteiger partial charge in [0.05, 0.1) is 5.69 Å². The Hall–Kier alpha value is -1.81. The highest BCUT2D eigenvalue weighted by Gasteiger charge is 2.01. The second-order valence-electron chi connectivity index (χ2n) is 3.45. The van der Waals surface area contributed by atoms with Gasteiger partial charge in [-0.1, -0.05) is 0 Å². The summed E-state index contributed by atoms with van der Waals surface area (Å²) in [6.07, 6.45) is 6.18. The molecule has 0 bridgehead atoms. The molecule has 82 valence electrons. The number of likely N-dealkylation sites (N-methyl/N-ethyl adjacent to an activating group) is 1. The van der Waals surface area contributed by atoms with Crippen molar-refractivity contribution in [3.8, 4) is 11.3 Å². The van der Waals surface area contributed by atoms with Crippen LogP contribution in [0.15, 0.2) is 36.8 Å². The molecule has 4 heteroatoms. The fraction of sp³-hybridized carbons (Fsp3) is 0.250. The molecule has 0 aliphatic carbocycles. The van der Waals surface area contributed by atoms with Gasteiger partial charge in [0.2, 0.25) is 0 Å². The van der Waals surface area contributed by atoms with Gasteiger partial charge in [-0.05, 0) is 25.2 Å². The highest BCUT2D eigenvalue weighted by molar-refractivity contribution is 5.57. The zero-order valence-electron chi connectivity index (χ0n) is 9.22. The molecule has 2 aromatic heterocycles. The lowest BCUT2D eigenvalue weighted by atomic mass is 10.2. The van der Waals surface area contributed by atoms with Crippen LogP contribution in [-0.4, -0.2) is 28.5 Å². The summed E-state index contributed by atoms with van der Waals surface area (Å²) in [7, 11) is 1.92. The van der Waals surface area contributed by atoms with Gasteiger partial charge in [-0.2, -0.15) is 0 Å². The number of hydrogen-bond donors (Lipinski definition) is 1. The Morgan fingerprint density at radius 2 is 1.94 bits per heavy atom. The summed E-state index contributed by atoms with van der Waals surface area (Å²) in [5.74, 6) is 0.865. The van der Waals surface area contributed by atoms with E-state index in [-0.39, 0.29) is 0 Å². The van der Waals surface area contributed by atoms with Gasteiger partial charge >= 0.3 is 0 Å². The quantitative estimate of drug-likeness (QED) is 0.833. The Morgan fingerprint density at radius 1 is 1.12 bits per heavy atom. The van der Waals surface area contributed by atoms with Crippen LogP contribution in [0.3, 0.4) is 0 Å². The monoisotopic (exact) mass is 214 g/mol. The smallest absolute Gasteiger partial charge is 0.130 e. The molecule has 16 heavy (non-hydrogen) atoms. The van der Waals surface area contributed by atoms with E-state index in [0.717, 1.165) is 30.0 Å². The second kappa shape index (κ2) is 5.32. The van der Waals surface area contributed by atoms with Crippen LogP contribution in [0, 0.1) is 0 Å². The number of hydrogen-bond acceptors (Lipinski definition) is 4. The molecule has 0 radical (unpaired) electrons. The van der Waals surface area contributed by atoms with Gasteiger partial charge < -0.3 is 5.32 Å². The van der Waals surface area contributed by atoms with Gasteiger partial charge in [0.15, 0.2) is 0 Å². The minimum atomic E-state index is 0.843. The van der Waals surface area contributed by atoms with Crippen LogP contribution in [0.5, 0.6) is 0 Å². The Bertz CT molecular complexity index is 442. The van der Waals surface area contributed by atoms with E-state index < -0.39 is 0 Å². The molecule has 0 fully saturated rings. The Kier molecular flexibility index (Phi) is 3.56. The van der Waals surface area contributed by atoms with Crippen molar-refractivity contribution >= 4 is 0 Å². The molecule has 0 atom stereocenters. The maximum atomic E-state index is 4.50. The van der Waals surface area contributed by atoms with Gasteiger partial charge in [0.1, 0.15) is 5.82 Å². The first-order chi connectivity index (χ1) is 7.90. The van der Waals surface area contributed by atoms with Crippen molar-refractivity contribution in [2.24, 2.45) is 0 Å². The van der Waals surface area contributed by atoms with Gasteiger partial charge in [0, 0.05) is 37.1 Å². The van der Waals surface area contributed by atoms with Crippen molar-refractivity contribution in [3.05, 3.63) is 42.6 Å². The molecule has 4 nitrogen and oxygen atoms in total. The molecule has 0 unspecified atom stereocenters. The maximum Gasteiger partial charge on any atom is 0.130 e. The zero-order valence-corrected chi connectivity index (χ0v) is 9.22. The lowest BCUT2D eigenvalue weighted by Gasteiger charge is -2.03. The fourth-order valence-corrected chi connectivity index (χ4v) is 1.44. The SMILES string of the molecule is CNCCc1nccc(-c2ccncc2)n1. The second-order valence-corrected chi connectivity index (χ2v) is 3.45. The van der Waals surface area contributed by atoms with Crippen LogP contribution in [0.25, 0.3) is 11.3 Å². The van der Waals surface area contributed by atoms with Crippen molar-refractivity contribution in [2.45, 2.75) is 6.42 Å². The highest BCUT2D eigenvalue weighted by Crippen LogP contribution is 2.14. The first-order valence-electron chi connectivity index (χ1n) is 5.27. The Balaban J connectivity index is 2.22. The standard InChI is InChI=1S/C12H14N4/c1-13-6-5-12-15-9-4-11(16-12)10-2-7-14-8-3-10/h2-4,7-9,13H,5-6H2,1H3. The molecule has 0 aliphatic rings. The number of pyridine rings is 1. The van der Waals surface area contributed by atoms with Crippen molar-refractivity contribution in [1.29, 1.82) is 0 Å². The lowest BCUT2D eigenvalue weighted by molar-refractivity contribution is 0.756. The van der Waals surface area contributed by atoms with Crippen molar-refractivity contribution < 1.29 is 0 Å².